The van der Waals surface area contributed by atoms with Crippen molar-refractivity contribution in [1.82, 2.24) is 4.31 Å². The van der Waals surface area contributed by atoms with Gasteiger partial charge in [-0.2, -0.15) is 0 Å². The molecule has 8 heavy (non-hydrogen) atoms. The molecular formula is C4H7N3S. The molecule has 0 atom stereocenters. The van der Waals surface area contributed by atoms with Crippen molar-refractivity contribution < 1.29 is 0 Å². The number of nitrogens with two attached hydrogens (primary N) is 1. The summed E-state index contributed by atoms with van der Waals surface area (Å²) in [4.78, 5) is 0. The van der Waals surface area contributed by atoms with Crippen LogP contribution in [0.1, 0.15) is 0 Å². The lowest BCUT2D eigenvalue weighted by molar-refractivity contribution is 0.757. The zero-order chi connectivity index (χ0) is 5.98. The minimum Gasteiger partial charge on any atom is -0.369 e. The van der Waals surface area contributed by atoms with E-state index in [0.29, 0.717) is 0 Å². The van der Waals surface area contributed by atoms with E-state index in [1.807, 2.05) is 11.5 Å². The molecule has 0 saturated carbocycles. The van der Waals surface area contributed by atoms with E-state index in [2.05, 4.69) is 0 Å². The van der Waals surface area contributed by atoms with Crippen LogP contribution in [-0.2, 0) is 0 Å². The summed E-state index contributed by atoms with van der Waals surface area (Å²) in [6.07, 6.45) is 1.96. The SMILES string of the molecule is N=C(N)N1CC=CS1. The van der Waals surface area contributed by atoms with Gasteiger partial charge in [0, 0.05) is 0 Å². The van der Waals surface area contributed by atoms with Crippen molar-refractivity contribution in [2.75, 3.05) is 6.54 Å². The van der Waals surface area contributed by atoms with Gasteiger partial charge in [0.2, 0.25) is 0 Å². The monoisotopic (exact) mass is 129 g/mol. The molecule has 3 nitrogen and oxygen atoms in total. The maximum Gasteiger partial charge on any atom is 0.199 e. The zero-order valence-corrected chi connectivity index (χ0v) is 5.11. The molecule has 0 fully saturated rings. The third kappa shape index (κ3) is 0.949. The number of nitrogens with one attached hydrogen (secondary N) is 1. The first-order chi connectivity index (χ1) is 3.80. The van der Waals surface area contributed by atoms with Crippen LogP contribution in [0, 0.1) is 5.41 Å². The van der Waals surface area contributed by atoms with Crippen molar-refractivity contribution in [3.63, 3.8) is 0 Å². The van der Waals surface area contributed by atoms with Crippen LogP contribution in [0.3, 0.4) is 0 Å². The van der Waals surface area contributed by atoms with Gasteiger partial charge in [-0.3, -0.25) is 9.71 Å². The first kappa shape index (κ1) is 5.50. The first-order valence-electron chi connectivity index (χ1n) is 2.24. The van der Waals surface area contributed by atoms with E-state index in [1.165, 1.54) is 11.9 Å². The third-order valence-corrected chi connectivity index (χ3v) is 1.74. The Morgan fingerprint density at radius 3 is 2.88 bits per heavy atom. The summed E-state index contributed by atoms with van der Waals surface area (Å²) in [6.45, 7) is 0.764. The number of guanidine groups is 1. The Morgan fingerprint density at radius 2 is 2.62 bits per heavy atom. The fourth-order valence-corrected chi connectivity index (χ4v) is 1.06. The molecule has 0 aromatic rings. The van der Waals surface area contributed by atoms with E-state index in [-0.39, 0.29) is 5.96 Å². The average Bonchev–Trinajstić information content (AvgIpc) is 2.12. The summed E-state index contributed by atoms with van der Waals surface area (Å²) >= 11 is 1.45. The lowest BCUT2D eigenvalue weighted by Crippen LogP contribution is -2.28. The van der Waals surface area contributed by atoms with Crippen LogP contribution in [0.15, 0.2) is 11.5 Å². The van der Waals surface area contributed by atoms with Crippen LogP contribution in [-0.4, -0.2) is 16.8 Å². The van der Waals surface area contributed by atoms with Crippen LogP contribution in [0.4, 0.5) is 0 Å². The Kier molecular flexibility index (Phi) is 1.43. The summed E-state index contributed by atoms with van der Waals surface area (Å²) in [6, 6.07) is 0. The third-order valence-electron chi connectivity index (χ3n) is 0.824. The van der Waals surface area contributed by atoms with Crippen LogP contribution < -0.4 is 5.73 Å². The average molecular weight is 129 g/mol. The van der Waals surface area contributed by atoms with Crippen LogP contribution in [0.25, 0.3) is 0 Å². The van der Waals surface area contributed by atoms with Crippen molar-refractivity contribution in [2.24, 2.45) is 5.73 Å². The molecule has 0 unspecified atom stereocenters. The number of rotatable bonds is 0. The fourth-order valence-electron chi connectivity index (χ4n) is 0.453. The van der Waals surface area contributed by atoms with Gasteiger partial charge in [-0.1, -0.05) is 6.08 Å². The number of nitrogens with zero attached hydrogens (tertiary/aromatic N) is 1. The summed E-state index contributed by atoms with van der Waals surface area (Å²) in [7, 11) is 0. The quantitative estimate of drug-likeness (QED) is 0.282. The van der Waals surface area contributed by atoms with E-state index in [0.717, 1.165) is 6.54 Å². The molecule has 4 heteroatoms. The van der Waals surface area contributed by atoms with E-state index in [9.17, 15) is 0 Å². The van der Waals surface area contributed by atoms with Gasteiger partial charge in [-0.05, 0) is 17.4 Å². The van der Waals surface area contributed by atoms with Crippen molar-refractivity contribution in [1.29, 1.82) is 5.41 Å². The van der Waals surface area contributed by atoms with Crippen LogP contribution in [0.5, 0.6) is 0 Å². The Bertz CT molecular complexity index is 123. The summed E-state index contributed by atoms with van der Waals surface area (Å²) in [5.41, 5.74) is 5.15. The zero-order valence-electron chi connectivity index (χ0n) is 4.29. The van der Waals surface area contributed by atoms with Gasteiger partial charge in [-0.15, -0.1) is 0 Å². The number of hydrogen-bond donors (Lipinski definition) is 2. The second-order valence-corrected chi connectivity index (χ2v) is 2.35. The van der Waals surface area contributed by atoms with E-state index in [4.69, 9.17) is 11.1 Å². The number of hydrogen-bond acceptors (Lipinski definition) is 2. The van der Waals surface area contributed by atoms with Gasteiger partial charge in [-0.25, -0.2) is 0 Å². The molecule has 0 aromatic heterocycles. The van der Waals surface area contributed by atoms with Crippen LogP contribution >= 0.6 is 11.9 Å². The van der Waals surface area contributed by atoms with Gasteiger partial charge >= 0.3 is 0 Å². The highest BCUT2D eigenvalue weighted by molar-refractivity contribution is 8.00. The molecule has 0 aliphatic carbocycles. The summed E-state index contributed by atoms with van der Waals surface area (Å²) in [5.74, 6) is 0.125. The Balaban J connectivity index is 2.41. The van der Waals surface area contributed by atoms with Gasteiger partial charge in [0.1, 0.15) is 0 Å². The van der Waals surface area contributed by atoms with E-state index in [1.54, 1.807) is 4.31 Å². The maximum atomic E-state index is 6.93. The largest absolute Gasteiger partial charge is 0.369 e. The van der Waals surface area contributed by atoms with Gasteiger partial charge < -0.3 is 5.73 Å². The summed E-state index contributed by atoms with van der Waals surface area (Å²) in [5, 5.41) is 8.85. The Morgan fingerprint density at radius 1 is 1.88 bits per heavy atom. The molecule has 3 N–H and O–H groups in total. The highest BCUT2D eigenvalue weighted by atomic mass is 32.2. The van der Waals surface area contributed by atoms with Crippen LogP contribution in [0.2, 0.25) is 0 Å². The lowest BCUT2D eigenvalue weighted by Gasteiger charge is -2.10. The molecule has 0 aromatic carbocycles. The van der Waals surface area contributed by atoms with Crippen molar-refractivity contribution in [3.8, 4) is 0 Å². The molecule has 1 aliphatic rings. The smallest absolute Gasteiger partial charge is 0.199 e. The molecule has 0 saturated heterocycles. The highest BCUT2D eigenvalue weighted by Gasteiger charge is 2.06. The second-order valence-electron chi connectivity index (χ2n) is 1.42. The molecule has 0 bridgehead atoms. The highest BCUT2D eigenvalue weighted by Crippen LogP contribution is 2.15. The second kappa shape index (κ2) is 2.09. The molecule has 0 spiro atoms. The molecule has 44 valence electrons. The molecule has 0 amide bonds. The maximum absolute atomic E-state index is 6.93. The Hall–Kier alpha value is -0.640. The van der Waals surface area contributed by atoms with Gasteiger partial charge in [0.05, 0.1) is 6.54 Å². The predicted molar refractivity (Wildman–Crippen MR) is 35.4 cm³/mol. The van der Waals surface area contributed by atoms with Crippen molar-refractivity contribution >= 4 is 17.9 Å². The molecule has 1 heterocycles. The van der Waals surface area contributed by atoms with Gasteiger partial charge in [0.15, 0.2) is 5.96 Å². The summed E-state index contributed by atoms with van der Waals surface area (Å²) < 4.78 is 1.69. The molecule has 1 aliphatic heterocycles. The minimum absolute atomic E-state index is 0.125. The minimum atomic E-state index is 0.125. The Labute approximate surface area is 52.2 Å². The van der Waals surface area contributed by atoms with Crippen molar-refractivity contribution in [2.45, 2.75) is 0 Å². The van der Waals surface area contributed by atoms with Gasteiger partial charge in [0.25, 0.3) is 0 Å². The van der Waals surface area contributed by atoms with E-state index < -0.39 is 0 Å². The molecule has 0 radical (unpaired) electrons. The molecule has 1 rings (SSSR count). The normalized spacial score (nSPS) is 17.2. The fraction of sp³-hybridized carbons (Fsp3) is 0.250. The molecular weight excluding hydrogens is 122 g/mol. The first-order valence-corrected chi connectivity index (χ1v) is 3.07. The predicted octanol–water partition coefficient (Wildman–Crippen LogP) is 0.357. The van der Waals surface area contributed by atoms with Crippen molar-refractivity contribution in [3.05, 3.63) is 11.5 Å². The standard InChI is InChI=1S/C4H7N3S/c5-4(6)7-2-1-3-8-7/h1,3H,2H2,(H3,5,6). The van der Waals surface area contributed by atoms with E-state index >= 15 is 0 Å². The topological polar surface area (TPSA) is 53.1 Å². The lowest BCUT2D eigenvalue weighted by atomic mass is 10.6.